The van der Waals surface area contributed by atoms with Crippen molar-refractivity contribution in [2.24, 2.45) is 5.10 Å². The Morgan fingerprint density at radius 1 is 1.05 bits per heavy atom. The Morgan fingerprint density at radius 3 is 2.49 bits per heavy atom. The number of hydroxylamine groups is 1. The first-order valence-electron chi connectivity index (χ1n) is 11.3. The van der Waals surface area contributed by atoms with Gasteiger partial charge in [-0.15, -0.1) is 0 Å². The first-order valence-corrected chi connectivity index (χ1v) is 12.2. The molecule has 11 nitrogen and oxygen atoms in total. The molecule has 1 unspecified atom stereocenters. The molecule has 0 saturated heterocycles. The number of phenolic OH excluding ortho intramolecular Hbond substituents is 1. The van der Waals surface area contributed by atoms with E-state index in [0.29, 0.717) is 16.2 Å². The lowest BCUT2D eigenvalue weighted by Gasteiger charge is -2.24. The summed E-state index contributed by atoms with van der Waals surface area (Å²) in [5, 5.41) is 15.6. The molecule has 0 saturated carbocycles. The summed E-state index contributed by atoms with van der Waals surface area (Å²) in [6, 6.07) is 16.6. The van der Waals surface area contributed by atoms with Crippen molar-refractivity contribution in [3.05, 3.63) is 89.2 Å². The van der Waals surface area contributed by atoms with Crippen LogP contribution in [0.5, 0.6) is 17.2 Å². The van der Waals surface area contributed by atoms with Crippen LogP contribution in [0, 0.1) is 5.82 Å². The van der Waals surface area contributed by atoms with Crippen LogP contribution >= 0.6 is 11.8 Å². The van der Waals surface area contributed by atoms with E-state index in [1.165, 1.54) is 60.3 Å². The number of amides is 2. The van der Waals surface area contributed by atoms with Gasteiger partial charge in [0, 0.05) is 11.1 Å². The number of aromatic hydroxyl groups is 1. The molecule has 0 radical (unpaired) electrons. The largest absolute Gasteiger partial charge is 0.533 e. The molecule has 13 heteroatoms. The Bertz CT molecular complexity index is 1420. The number of phenols is 1. The molecule has 3 aromatic rings. The number of methoxy groups -OCH3 is 2. The third-order valence-corrected chi connectivity index (χ3v) is 6.55. The monoisotopic (exact) mass is 555 g/mol. The number of thioether (sulfide) groups is 1. The van der Waals surface area contributed by atoms with Gasteiger partial charge < -0.3 is 24.2 Å². The SMILES string of the molecule is COC(=O)ONC(=O)COc1cccc(C2SC(c3ccc(F)cc3)=NN2C(=O)c2ccccc2O)c1OC. The molecule has 4 rings (SSSR count). The number of ether oxygens (including phenoxy) is 3. The number of hydrogen-bond acceptors (Lipinski definition) is 10. The van der Waals surface area contributed by atoms with Gasteiger partial charge in [0.25, 0.3) is 11.8 Å². The number of nitrogens with one attached hydrogen (secondary N) is 1. The average Bonchev–Trinajstić information content (AvgIpc) is 3.40. The minimum absolute atomic E-state index is 0.0286. The maximum atomic E-state index is 13.5. The van der Waals surface area contributed by atoms with Crippen LogP contribution in [0.15, 0.2) is 71.8 Å². The van der Waals surface area contributed by atoms with E-state index in [0.717, 1.165) is 7.11 Å². The van der Waals surface area contributed by atoms with Crippen LogP contribution in [-0.4, -0.2) is 54.0 Å². The molecule has 1 atom stereocenters. The van der Waals surface area contributed by atoms with Gasteiger partial charge in [-0.3, -0.25) is 9.59 Å². The van der Waals surface area contributed by atoms with Crippen LogP contribution in [0.2, 0.25) is 0 Å². The van der Waals surface area contributed by atoms with E-state index in [1.807, 2.05) is 5.48 Å². The fraction of sp³-hybridized carbons (Fsp3) is 0.154. The molecule has 0 aromatic heterocycles. The summed E-state index contributed by atoms with van der Waals surface area (Å²) in [5.41, 5.74) is 2.95. The number of para-hydroxylation sites is 2. The fourth-order valence-electron chi connectivity index (χ4n) is 3.55. The standard InChI is InChI=1S/C26H22FN3O8S/c1-35-22-18(7-5-9-20(22)37-14-21(32)29-38-26(34)36-2)25-30(24(33)17-6-3-4-8-19(17)31)28-23(39-25)15-10-12-16(27)13-11-15/h3-13,25,31H,14H2,1-2H3,(H,29,32). The highest BCUT2D eigenvalue weighted by molar-refractivity contribution is 8.14. The highest BCUT2D eigenvalue weighted by Gasteiger charge is 2.37. The van der Waals surface area contributed by atoms with Crippen LogP contribution in [0.4, 0.5) is 9.18 Å². The lowest BCUT2D eigenvalue weighted by Crippen LogP contribution is -2.31. The summed E-state index contributed by atoms with van der Waals surface area (Å²) in [5.74, 6) is -1.64. The topological polar surface area (TPSA) is 136 Å². The summed E-state index contributed by atoms with van der Waals surface area (Å²) >= 11 is 1.20. The molecule has 202 valence electrons. The Hall–Kier alpha value is -4.78. The number of hydrazone groups is 1. The van der Waals surface area contributed by atoms with E-state index in [9.17, 15) is 23.9 Å². The minimum Gasteiger partial charge on any atom is -0.507 e. The zero-order valence-electron chi connectivity index (χ0n) is 20.6. The first kappa shape index (κ1) is 27.3. The molecular weight excluding hydrogens is 533 g/mol. The van der Waals surface area contributed by atoms with Crippen molar-refractivity contribution in [1.82, 2.24) is 10.5 Å². The van der Waals surface area contributed by atoms with Crippen LogP contribution in [0.3, 0.4) is 0 Å². The van der Waals surface area contributed by atoms with Gasteiger partial charge in [0.2, 0.25) is 0 Å². The molecule has 2 amide bonds. The average molecular weight is 556 g/mol. The van der Waals surface area contributed by atoms with Crippen molar-refractivity contribution < 1.29 is 42.9 Å². The molecule has 0 bridgehead atoms. The van der Waals surface area contributed by atoms with Crippen molar-refractivity contribution >= 4 is 34.8 Å². The quantitative estimate of drug-likeness (QED) is 0.328. The third kappa shape index (κ3) is 6.21. The van der Waals surface area contributed by atoms with E-state index in [4.69, 9.17) is 9.47 Å². The lowest BCUT2D eigenvalue weighted by atomic mass is 10.1. The number of halogens is 1. The summed E-state index contributed by atoms with van der Waals surface area (Å²) in [6.07, 6.45) is -1.10. The summed E-state index contributed by atoms with van der Waals surface area (Å²) in [6.45, 7) is -0.535. The molecule has 1 heterocycles. The number of nitrogens with zero attached hydrogens (tertiary/aromatic N) is 2. The predicted molar refractivity (Wildman–Crippen MR) is 138 cm³/mol. The van der Waals surface area contributed by atoms with Gasteiger partial charge in [0.15, 0.2) is 18.1 Å². The number of carbonyl (C=O) groups is 3. The minimum atomic E-state index is -1.10. The van der Waals surface area contributed by atoms with Gasteiger partial charge in [-0.1, -0.05) is 36.0 Å². The maximum Gasteiger partial charge on any atom is 0.533 e. The highest BCUT2D eigenvalue weighted by atomic mass is 32.2. The van der Waals surface area contributed by atoms with Crippen LogP contribution in [-0.2, 0) is 14.4 Å². The molecule has 1 aliphatic rings. The lowest BCUT2D eigenvalue weighted by molar-refractivity contribution is -0.133. The number of carbonyl (C=O) groups excluding carboxylic acids is 3. The van der Waals surface area contributed by atoms with E-state index in [-0.39, 0.29) is 22.8 Å². The summed E-state index contributed by atoms with van der Waals surface area (Å²) in [7, 11) is 2.48. The van der Waals surface area contributed by atoms with Gasteiger partial charge >= 0.3 is 6.16 Å². The maximum absolute atomic E-state index is 13.5. The third-order valence-electron chi connectivity index (χ3n) is 5.33. The Labute approximate surface area is 226 Å². The van der Waals surface area contributed by atoms with E-state index in [1.54, 1.807) is 30.3 Å². The molecule has 0 fully saturated rings. The zero-order valence-corrected chi connectivity index (χ0v) is 21.4. The zero-order chi connectivity index (χ0) is 27.9. The molecule has 2 N–H and O–H groups in total. The van der Waals surface area contributed by atoms with Gasteiger partial charge in [-0.05, 0) is 42.5 Å². The highest BCUT2D eigenvalue weighted by Crippen LogP contribution is 2.47. The van der Waals surface area contributed by atoms with Crippen molar-refractivity contribution in [1.29, 1.82) is 0 Å². The molecule has 0 spiro atoms. The number of hydrogen-bond donors (Lipinski definition) is 2. The smallest absolute Gasteiger partial charge is 0.507 e. The molecule has 39 heavy (non-hydrogen) atoms. The van der Waals surface area contributed by atoms with Crippen LogP contribution in [0.1, 0.15) is 26.9 Å². The van der Waals surface area contributed by atoms with E-state index < -0.39 is 35.8 Å². The Kier molecular flexibility index (Phi) is 8.51. The predicted octanol–water partition coefficient (Wildman–Crippen LogP) is 3.98. The van der Waals surface area contributed by atoms with Crippen LogP contribution < -0.4 is 15.0 Å². The summed E-state index contributed by atoms with van der Waals surface area (Å²) in [4.78, 5) is 41.0. The van der Waals surface area contributed by atoms with Crippen molar-refractivity contribution in [2.75, 3.05) is 20.8 Å². The second-order valence-electron chi connectivity index (χ2n) is 7.80. The van der Waals surface area contributed by atoms with Gasteiger partial charge in [0.05, 0.1) is 19.8 Å². The van der Waals surface area contributed by atoms with Crippen molar-refractivity contribution in [3.63, 3.8) is 0 Å². The summed E-state index contributed by atoms with van der Waals surface area (Å²) < 4.78 is 29.0. The van der Waals surface area contributed by atoms with Gasteiger partial charge in [-0.2, -0.15) is 10.6 Å². The first-order chi connectivity index (χ1) is 18.8. The van der Waals surface area contributed by atoms with Crippen LogP contribution in [0.25, 0.3) is 0 Å². The normalized spacial score (nSPS) is 14.3. The number of rotatable bonds is 7. The van der Waals surface area contributed by atoms with Crippen molar-refractivity contribution in [2.45, 2.75) is 5.37 Å². The second kappa shape index (κ2) is 12.2. The van der Waals surface area contributed by atoms with Gasteiger partial charge in [0.1, 0.15) is 22.0 Å². The Balaban J connectivity index is 1.65. The van der Waals surface area contributed by atoms with Gasteiger partial charge in [-0.25, -0.2) is 14.2 Å². The molecule has 3 aromatic carbocycles. The molecule has 1 aliphatic heterocycles. The second-order valence-corrected chi connectivity index (χ2v) is 8.87. The fourth-order valence-corrected chi connectivity index (χ4v) is 4.72. The molecular formula is C26H22FN3O8S. The van der Waals surface area contributed by atoms with E-state index >= 15 is 0 Å². The molecule has 0 aliphatic carbocycles. The Morgan fingerprint density at radius 2 is 1.79 bits per heavy atom. The van der Waals surface area contributed by atoms with E-state index in [2.05, 4.69) is 14.7 Å². The van der Waals surface area contributed by atoms with Crippen molar-refractivity contribution in [3.8, 4) is 17.2 Å². The number of benzene rings is 3.